The normalized spacial score (nSPS) is 11.4. The highest BCUT2D eigenvalue weighted by Gasteiger charge is 2.09. The predicted molar refractivity (Wildman–Crippen MR) is 72.8 cm³/mol. The second-order valence-corrected chi connectivity index (χ2v) is 4.39. The topological polar surface area (TPSA) is 77.6 Å². The Morgan fingerprint density at radius 3 is 3.00 bits per heavy atom. The molecule has 0 unspecified atom stereocenters. The molecular formula is C14H10N4O. The SMILES string of the molecule is Oc1cccc(-c2nc3cnc4[nH]ccc4c3[nH]2)c1. The maximum Gasteiger partial charge on any atom is 0.139 e. The van der Waals surface area contributed by atoms with Crippen LogP contribution in [0.1, 0.15) is 0 Å². The number of rotatable bonds is 1. The zero-order valence-electron chi connectivity index (χ0n) is 9.88. The summed E-state index contributed by atoms with van der Waals surface area (Å²) >= 11 is 0. The smallest absolute Gasteiger partial charge is 0.139 e. The van der Waals surface area contributed by atoms with E-state index in [0.29, 0.717) is 0 Å². The molecular weight excluding hydrogens is 240 g/mol. The molecule has 4 aromatic rings. The lowest BCUT2D eigenvalue weighted by Crippen LogP contribution is -1.79. The van der Waals surface area contributed by atoms with Gasteiger partial charge >= 0.3 is 0 Å². The van der Waals surface area contributed by atoms with E-state index in [2.05, 4.69) is 19.9 Å². The van der Waals surface area contributed by atoms with Crippen molar-refractivity contribution in [3.63, 3.8) is 0 Å². The van der Waals surface area contributed by atoms with Gasteiger partial charge in [-0.1, -0.05) is 12.1 Å². The maximum atomic E-state index is 9.53. The summed E-state index contributed by atoms with van der Waals surface area (Å²) in [6.07, 6.45) is 3.59. The Morgan fingerprint density at radius 1 is 1.16 bits per heavy atom. The van der Waals surface area contributed by atoms with Crippen LogP contribution in [0.25, 0.3) is 33.5 Å². The fraction of sp³-hybridized carbons (Fsp3) is 0. The Bertz CT molecular complexity index is 891. The first-order valence-corrected chi connectivity index (χ1v) is 5.92. The molecule has 0 aliphatic heterocycles. The van der Waals surface area contributed by atoms with E-state index in [1.165, 1.54) is 0 Å². The summed E-state index contributed by atoms with van der Waals surface area (Å²) < 4.78 is 0. The maximum absolute atomic E-state index is 9.53. The Labute approximate surface area is 108 Å². The molecule has 5 nitrogen and oxygen atoms in total. The molecule has 4 rings (SSSR count). The van der Waals surface area contributed by atoms with Crippen molar-refractivity contribution in [1.82, 2.24) is 19.9 Å². The van der Waals surface area contributed by atoms with Gasteiger partial charge in [-0.15, -0.1) is 0 Å². The molecule has 0 amide bonds. The van der Waals surface area contributed by atoms with Crippen LogP contribution in [0.15, 0.2) is 42.7 Å². The van der Waals surface area contributed by atoms with Crippen molar-refractivity contribution in [2.24, 2.45) is 0 Å². The van der Waals surface area contributed by atoms with Crippen LogP contribution in [0, 0.1) is 0 Å². The van der Waals surface area contributed by atoms with E-state index in [4.69, 9.17) is 0 Å². The standard InChI is InChI=1S/C14H10N4O/c19-9-3-1-2-8(6-9)13-17-11-7-16-14-10(4-5-15-14)12(11)18-13/h1-7,19H,(H,15,16)(H,17,18). The zero-order valence-corrected chi connectivity index (χ0v) is 9.88. The number of aromatic amines is 2. The van der Waals surface area contributed by atoms with E-state index in [1.54, 1.807) is 24.4 Å². The number of nitrogens with one attached hydrogen (secondary N) is 2. The number of aromatic hydroxyl groups is 1. The number of phenolic OH excluding ortho intramolecular Hbond substituents is 1. The quantitative estimate of drug-likeness (QED) is 0.486. The molecule has 0 spiro atoms. The second kappa shape index (κ2) is 3.58. The summed E-state index contributed by atoms with van der Waals surface area (Å²) in [5.41, 5.74) is 3.44. The lowest BCUT2D eigenvalue weighted by Gasteiger charge is -1.96. The molecule has 0 aliphatic carbocycles. The number of imidazole rings is 1. The third-order valence-electron chi connectivity index (χ3n) is 3.16. The number of fused-ring (bicyclic) bond motifs is 3. The first-order chi connectivity index (χ1) is 9.31. The van der Waals surface area contributed by atoms with Crippen LogP contribution >= 0.6 is 0 Å². The number of H-pyrrole nitrogens is 2. The molecule has 0 saturated carbocycles. The predicted octanol–water partition coefficient (Wildman–Crippen LogP) is 2.81. The molecule has 0 fully saturated rings. The number of hydrogen-bond donors (Lipinski definition) is 3. The lowest BCUT2D eigenvalue weighted by atomic mass is 10.2. The lowest BCUT2D eigenvalue weighted by molar-refractivity contribution is 0.475. The molecule has 3 heterocycles. The molecule has 92 valence electrons. The van der Waals surface area contributed by atoms with E-state index in [-0.39, 0.29) is 5.75 Å². The fourth-order valence-corrected chi connectivity index (χ4v) is 2.27. The molecule has 0 bridgehead atoms. The summed E-state index contributed by atoms with van der Waals surface area (Å²) in [6, 6.07) is 8.98. The molecule has 1 aromatic carbocycles. The zero-order chi connectivity index (χ0) is 12.8. The Balaban J connectivity index is 2.01. The van der Waals surface area contributed by atoms with Crippen LogP contribution in [0.5, 0.6) is 5.75 Å². The van der Waals surface area contributed by atoms with Gasteiger partial charge in [0, 0.05) is 17.1 Å². The minimum Gasteiger partial charge on any atom is -0.508 e. The Kier molecular flexibility index (Phi) is 1.91. The molecule has 0 atom stereocenters. The highest BCUT2D eigenvalue weighted by molar-refractivity contribution is 6.01. The summed E-state index contributed by atoms with van der Waals surface area (Å²) in [5, 5.41) is 10.5. The van der Waals surface area contributed by atoms with Crippen LogP contribution in [-0.2, 0) is 0 Å². The Morgan fingerprint density at radius 2 is 2.11 bits per heavy atom. The summed E-state index contributed by atoms with van der Waals surface area (Å²) in [5.74, 6) is 0.948. The van der Waals surface area contributed by atoms with Gasteiger partial charge in [0.25, 0.3) is 0 Å². The summed E-state index contributed by atoms with van der Waals surface area (Å²) in [6.45, 7) is 0. The van der Waals surface area contributed by atoms with Crippen molar-refractivity contribution >= 4 is 22.1 Å². The van der Waals surface area contributed by atoms with Gasteiger partial charge in [0.15, 0.2) is 0 Å². The van der Waals surface area contributed by atoms with Crippen LogP contribution in [0.4, 0.5) is 0 Å². The van der Waals surface area contributed by atoms with Gasteiger partial charge in [0.1, 0.15) is 22.7 Å². The fourth-order valence-electron chi connectivity index (χ4n) is 2.27. The first-order valence-electron chi connectivity index (χ1n) is 5.92. The highest BCUT2D eigenvalue weighted by Crippen LogP contribution is 2.26. The number of hydrogen-bond acceptors (Lipinski definition) is 3. The van der Waals surface area contributed by atoms with Gasteiger partial charge in [-0.05, 0) is 18.2 Å². The van der Waals surface area contributed by atoms with E-state index in [1.807, 2.05) is 18.3 Å². The van der Waals surface area contributed by atoms with Crippen LogP contribution in [-0.4, -0.2) is 25.0 Å². The monoisotopic (exact) mass is 250 g/mol. The summed E-state index contributed by atoms with van der Waals surface area (Å²) in [4.78, 5) is 15.2. The largest absolute Gasteiger partial charge is 0.508 e. The third-order valence-corrected chi connectivity index (χ3v) is 3.16. The number of phenols is 1. The molecule has 0 aliphatic rings. The average molecular weight is 250 g/mol. The number of benzene rings is 1. The van der Waals surface area contributed by atoms with E-state index >= 15 is 0 Å². The molecule has 0 radical (unpaired) electrons. The third kappa shape index (κ3) is 1.48. The number of aromatic nitrogens is 4. The molecule has 3 N–H and O–H groups in total. The first kappa shape index (κ1) is 10.1. The van der Waals surface area contributed by atoms with Gasteiger partial charge in [-0.3, -0.25) is 0 Å². The number of pyridine rings is 1. The molecule has 3 aromatic heterocycles. The van der Waals surface area contributed by atoms with Crippen molar-refractivity contribution < 1.29 is 5.11 Å². The second-order valence-electron chi connectivity index (χ2n) is 4.39. The van der Waals surface area contributed by atoms with Gasteiger partial charge in [-0.25, -0.2) is 9.97 Å². The molecule has 0 saturated heterocycles. The van der Waals surface area contributed by atoms with Crippen molar-refractivity contribution in [2.75, 3.05) is 0 Å². The van der Waals surface area contributed by atoms with E-state index < -0.39 is 0 Å². The van der Waals surface area contributed by atoms with Gasteiger partial charge in [0.2, 0.25) is 0 Å². The highest BCUT2D eigenvalue weighted by atomic mass is 16.3. The average Bonchev–Trinajstić information content (AvgIpc) is 3.04. The van der Waals surface area contributed by atoms with Crippen molar-refractivity contribution in [2.45, 2.75) is 0 Å². The van der Waals surface area contributed by atoms with Crippen molar-refractivity contribution in [1.29, 1.82) is 0 Å². The van der Waals surface area contributed by atoms with Crippen molar-refractivity contribution in [3.8, 4) is 17.1 Å². The Hall–Kier alpha value is -2.82. The van der Waals surface area contributed by atoms with Crippen LogP contribution < -0.4 is 0 Å². The van der Waals surface area contributed by atoms with Crippen LogP contribution in [0.3, 0.4) is 0 Å². The molecule has 19 heavy (non-hydrogen) atoms. The van der Waals surface area contributed by atoms with Crippen molar-refractivity contribution in [3.05, 3.63) is 42.7 Å². The van der Waals surface area contributed by atoms with Crippen LogP contribution in [0.2, 0.25) is 0 Å². The van der Waals surface area contributed by atoms with Gasteiger partial charge in [-0.2, -0.15) is 0 Å². The van der Waals surface area contributed by atoms with Gasteiger partial charge in [0.05, 0.1) is 11.7 Å². The van der Waals surface area contributed by atoms with E-state index in [9.17, 15) is 5.11 Å². The number of nitrogens with zero attached hydrogens (tertiary/aromatic N) is 2. The van der Waals surface area contributed by atoms with E-state index in [0.717, 1.165) is 33.5 Å². The minimum atomic E-state index is 0.225. The van der Waals surface area contributed by atoms with Gasteiger partial charge < -0.3 is 15.1 Å². The summed E-state index contributed by atoms with van der Waals surface area (Å²) in [7, 11) is 0. The molecule has 5 heteroatoms. The minimum absolute atomic E-state index is 0.225.